The largest absolute Gasteiger partial charge is 0.315 e. The Morgan fingerprint density at radius 3 is 2.87 bits per heavy atom. The summed E-state index contributed by atoms with van der Waals surface area (Å²) in [5.41, 5.74) is 1.84. The number of rotatable bonds is 2. The third-order valence-electron chi connectivity index (χ3n) is 3.89. The lowest BCUT2D eigenvalue weighted by atomic mass is 10.1. The topological polar surface area (TPSA) is 90.6 Å². The van der Waals surface area contributed by atoms with Crippen LogP contribution in [0.2, 0.25) is 0 Å². The number of aryl methyl sites for hydroxylation is 1. The predicted molar refractivity (Wildman–Crippen MR) is 90.2 cm³/mol. The minimum absolute atomic E-state index is 0.0600. The van der Waals surface area contributed by atoms with Crippen molar-refractivity contribution in [2.45, 2.75) is 24.6 Å². The predicted octanol–water partition coefficient (Wildman–Crippen LogP) is 1.51. The minimum Gasteiger partial charge on any atom is -0.315 e. The summed E-state index contributed by atoms with van der Waals surface area (Å²) in [6.07, 6.45) is -0.278. The van der Waals surface area contributed by atoms with Gasteiger partial charge in [0.1, 0.15) is 6.42 Å². The van der Waals surface area contributed by atoms with Gasteiger partial charge in [0.2, 0.25) is 0 Å². The van der Waals surface area contributed by atoms with Gasteiger partial charge in [-0.25, -0.2) is 8.42 Å². The van der Waals surface area contributed by atoms with Crippen LogP contribution in [0.15, 0.2) is 29.3 Å². The zero-order chi connectivity index (χ0) is 16.6. The molecule has 8 heteroatoms. The summed E-state index contributed by atoms with van der Waals surface area (Å²) >= 11 is 1.32. The summed E-state index contributed by atoms with van der Waals surface area (Å²) in [5.74, 6) is -0.350. The van der Waals surface area contributed by atoms with Gasteiger partial charge in [0, 0.05) is 10.9 Å². The van der Waals surface area contributed by atoms with Crippen LogP contribution in [0.25, 0.3) is 0 Å². The molecular weight excluding hydrogens is 334 g/mol. The molecule has 0 aliphatic carbocycles. The molecule has 3 rings (SSSR count). The number of aliphatic imine (C=N–C) groups is 1. The first kappa shape index (κ1) is 16.0. The number of benzene rings is 1. The lowest BCUT2D eigenvalue weighted by Gasteiger charge is -2.26. The number of hydrogen-bond acceptors (Lipinski definition) is 5. The lowest BCUT2D eigenvalue weighted by Crippen LogP contribution is -2.38. The maximum Gasteiger partial charge on any atom is 0.262 e. The number of thioether (sulfide) groups is 1. The van der Waals surface area contributed by atoms with Crippen LogP contribution in [0.5, 0.6) is 0 Å². The van der Waals surface area contributed by atoms with E-state index in [1.165, 1.54) is 11.8 Å². The molecule has 1 aromatic rings. The molecule has 1 aromatic carbocycles. The second-order valence-electron chi connectivity index (χ2n) is 5.58. The van der Waals surface area contributed by atoms with Gasteiger partial charge in [-0.05, 0) is 18.6 Å². The smallest absolute Gasteiger partial charge is 0.262 e. The highest BCUT2D eigenvalue weighted by molar-refractivity contribution is 8.16. The van der Waals surface area contributed by atoms with Crippen LogP contribution in [0, 0.1) is 18.3 Å². The van der Waals surface area contributed by atoms with E-state index in [0.29, 0.717) is 5.17 Å². The van der Waals surface area contributed by atoms with Gasteiger partial charge in [0.15, 0.2) is 15.0 Å². The average molecular weight is 349 g/mol. The number of nitrogens with zero attached hydrogens (tertiary/aromatic N) is 3. The van der Waals surface area contributed by atoms with E-state index in [0.717, 1.165) is 11.3 Å². The van der Waals surface area contributed by atoms with Crippen LogP contribution in [0.4, 0.5) is 5.69 Å². The van der Waals surface area contributed by atoms with E-state index in [4.69, 9.17) is 5.26 Å². The lowest BCUT2D eigenvalue weighted by molar-refractivity contribution is -0.116. The molecule has 0 N–H and O–H groups in total. The van der Waals surface area contributed by atoms with E-state index in [1.54, 1.807) is 6.07 Å². The number of para-hydroxylation sites is 1. The van der Waals surface area contributed by atoms with Gasteiger partial charge < -0.3 is 4.90 Å². The Morgan fingerprint density at radius 2 is 2.17 bits per heavy atom. The quantitative estimate of drug-likeness (QED) is 0.804. The summed E-state index contributed by atoms with van der Waals surface area (Å²) in [6.45, 7) is 1.94. The molecule has 2 aliphatic rings. The second kappa shape index (κ2) is 5.98. The van der Waals surface area contributed by atoms with Crippen LogP contribution in [0.3, 0.4) is 0 Å². The van der Waals surface area contributed by atoms with Crippen LogP contribution in [-0.2, 0) is 14.6 Å². The Bertz CT molecular complexity index is 827. The fourth-order valence-electron chi connectivity index (χ4n) is 2.89. The zero-order valence-electron chi connectivity index (χ0n) is 12.5. The number of nitriles is 1. The normalized spacial score (nSPS) is 27.0. The second-order valence-corrected chi connectivity index (χ2v) is 8.94. The van der Waals surface area contributed by atoms with Crippen LogP contribution < -0.4 is 4.90 Å². The summed E-state index contributed by atoms with van der Waals surface area (Å²) in [5, 5.41) is 8.99. The molecule has 2 fully saturated rings. The monoisotopic (exact) mass is 349 g/mol. The van der Waals surface area contributed by atoms with Gasteiger partial charge in [-0.15, -0.1) is 0 Å². The van der Waals surface area contributed by atoms with Crippen molar-refractivity contribution in [2.75, 3.05) is 16.4 Å². The minimum atomic E-state index is -3.08. The molecular formula is C15H15N3O3S2. The fraction of sp³-hybridized carbons (Fsp3) is 0.400. The zero-order valence-corrected chi connectivity index (χ0v) is 14.1. The first-order chi connectivity index (χ1) is 10.9. The highest BCUT2D eigenvalue weighted by Crippen LogP contribution is 2.41. The molecule has 0 bridgehead atoms. The van der Waals surface area contributed by atoms with Crippen molar-refractivity contribution in [3.05, 3.63) is 29.8 Å². The first-order valence-electron chi connectivity index (χ1n) is 7.12. The highest BCUT2D eigenvalue weighted by Gasteiger charge is 2.49. The number of hydrogen-bond donors (Lipinski definition) is 0. The van der Waals surface area contributed by atoms with Crippen LogP contribution in [-0.4, -0.2) is 42.3 Å². The summed E-state index contributed by atoms with van der Waals surface area (Å²) < 4.78 is 23.9. The van der Waals surface area contributed by atoms with Crippen molar-refractivity contribution >= 4 is 38.4 Å². The Balaban J connectivity index is 2.03. The van der Waals surface area contributed by atoms with Crippen molar-refractivity contribution in [2.24, 2.45) is 4.99 Å². The van der Waals surface area contributed by atoms with Gasteiger partial charge in [0.05, 0.1) is 23.6 Å². The van der Waals surface area contributed by atoms with Crippen molar-refractivity contribution in [3.63, 3.8) is 0 Å². The molecule has 23 heavy (non-hydrogen) atoms. The summed E-state index contributed by atoms with van der Waals surface area (Å²) in [4.78, 5) is 17.6. The van der Waals surface area contributed by atoms with E-state index >= 15 is 0 Å². The molecule has 6 nitrogen and oxygen atoms in total. The third kappa shape index (κ3) is 3.12. The Morgan fingerprint density at radius 1 is 1.43 bits per heavy atom. The van der Waals surface area contributed by atoms with E-state index in [1.807, 2.05) is 36.1 Å². The molecule has 0 saturated carbocycles. The van der Waals surface area contributed by atoms with E-state index in [-0.39, 0.29) is 29.2 Å². The number of amides is 1. The number of amidine groups is 1. The molecule has 2 heterocycles. The molecule has 0 aromatic heterocycles. The van der Waals surface area contributed by atoms with Crippen LogP contribution >= 0.6 is 11.8 Å². The summed E-state index contributed by atoms with van der Waals surface area (Å²) in [7, 11) is -3.08. The number of carbonyl (C=O) groups excluding carboxylic acids is 1. The van der Waals surface area contributed by atoms with E-state index in [2.05, 4.69) is 4.99 Å². The van der Waals surface area contributed by atoms with Gasteiger partial charge in [0.25, 0.3) is 5.91 Å². The number of sulfone groups is 1. The van der Waals surface area contributed by atoms with Crippen molar-refractivity contribution < 1.29 is 13.2 Å². The SMILES string of the molecule is Cc1ccccc1N1C(=NC(=O)CC#N)S[C@@H]2CS(=O)(=O)C[C@H]21. The molecule has 1 amide bonds. The van der Waals surface area contributed by atoms with Gasteiger partial charge in [-0.1, -0.05) is 30.0 Å². The number of fused-ring (bicyclic) bond motifs is 1. The maximum atomic E-state index is 11.9. The molecule has 2 saturated heterocycles. The van der Waals surface area contributed by atoms with Crippen molar-refractivity contribution in [3.8, 4) is 6.07 Å². The Labute approximate surface area is 139 Å². The van der Waals surface area contributed by atoms with Crippen molar-refractivity contribution in [1.29, 1.82) is 5.26 Å². The standard InChI is InChI=1S/C15H15N3O3S2/c1-10-4-2-3-5-11(10)18-12-8-23(20,21)9-13(12)22-15(18)17-14(19)6-7-16/h2-5,12-13H,6,8-9H2,1H3/t12-,13-/m1/s1. The number of carbonyl (C=O) groups is 1. The maximum absolute atomic E-state index is 11.9. The fourth-order valence-corrected chi connectivity index (χ4v) is 6.82. The van der Waals surface area contributed by atoms with Crippen LogP contribution in [0.1, 0.15) is 12.0 Å². The molecule has 2 atom stereocenters. The number of anilines is 1. The third-order valence-corrected chi connectivity index (χ3v) is 7.10. The van der Waals surface area contributed by atoms with E-state index < -0.39 is 15.7 Å². The van der Waals surface area contributed by atoms with E-state index in [9.17, 15) is 13.2 Å². The van der Waals surface area contributed by atoms with Gasteiger partial charge in [-0.3, -0.25) is 4.79 Å². The van der Waals surface area contributed by atoms with Crippen molar-refractivity contribution in [1.82, 2.24) is 0 Å². The molecule has 0 unspecified atom stereocenters. The Kier molecular flexibility index (Phi) is 4.17. The molecule has 2 aliphatic heterocycles. The van der Waals surface area contributed by atoms with Gasteiger partial charge >= 0.3 is 0 Å². The Hall–Kier alpha value is -1.85. The average Bonchev–Trinajstić information content (AvgIpc) is 2.91. The molecule has 120 valence electrons. The summed E-state index contributed by atoms with van der Waals surface area (Å²) in [6, 6.07) is 9.18. The van der Waals surface area contributed by atoms with Gasteiger partial charge in [-0.2, -0.15) is 10.3 Å². The molecule has 0 spiro atoms. The first-order valence-corrected chi connectivity index (χ1v) is 9.82. The molecule has 0 radical (unpaired) electrons. The highest BCUT2D eigenvalue weighted by atomic mass is 32.2.